The fraction of sp³-hybridized carbons (Fsp3) is 0.286. The van der Waals surface area contributed by atoms with Crippen LogP contribution in [0.5, 0.6) is 0 Å². The zero-order valence-corrected chi connectivity index (χ0v) is 15.7. The maximum Gasteiger partial charge on any atom is 0.326 e. The number of benzene rings is 2. The maximum absolute atomic E-state index is 13.3. The first-order valence-corrected chi connectivity index (χ1v) is 9.49. The minimum absolute atomic E-state index is 0.163. The van der Waals surface area contributed by atoms with Gasteiger partial charge in [-0.15, -0.1) is 0 Å². The standard InChI is InChI=1S/C21H21FN4O3/c22-15-5-3-4-14(10-15)11-16-12-17(29-25-16)13-23-20(27)8-9-26-19-7-2-1-6-18(19)24-21(26)28/h1-7,10,17H,8-9,11-13H2,(H,23,27)(H,24,28)/t17-/m0/s1. The van der Waals surface area contributed by atoms with Crippen molar-refractivity contribution < 1.29 is 14.0 Å². The lowest BCUT2D eigenvalue weighted by Gasteiger charge is -2.10. The van der Waals surface area contributed by atoms with Crippen LogP contribution in [0.25, 0.3) is 11.0 Å². The first kappa shape index (κ1) is 18.9. The van der Waals surface area contributed by atoms with Crippen molar-refractivity contribution >= 4 is 22.7 Å². The fourth-order valence-corrected chi connectivity index (χ4v) is 3.44. The highest BCUT2D eigenvalue weighted by molar-refractivity contribution is 5.87. The van der Waals surface area contributed by atoms with E-state index in [1.54, 1.807) is 10.6 Å². The molecule has 1 aliphatic rings. The molecular weight excluding hydrogens is 375 g/mol. The fourth-order valence-electron chi connectivity index (χ4n) is 3.44. The van der Waals surface area contributed by atoms with Gasteiger partial charge in [0.05, 0.1) is 23.3 Å². The van der Waals surface area contributed by atoms with Crippen molar-refractivity contribution in [3.63, 3.8) is 0 Å². The third-order valence-electron chi connectivity index (χ3n) is 4.86. The number of nitrogens with one attached hydrogen (secondary N) is 2. The van der Waals surface area contributed by atoms with Crippen LogP contribution in [0, 0.1) is 5.82 Å². The van der Waals surface area contributed by atoms with E-state index in [2.05, 4.69) is 15.5 Å². The molecule has 0 fully saturated rings. The molecule has 0 radical (unpaired) electrons. The van der Waals surface area contributed by atoms with Gasteiger partial charge in [-0.05, 0) is 29.8 Å². The number of rotatable bonds is 7. The highest BCUT2D eigenvalue weighted by Gasteiger charge is 2.22. The van der Waals surface area contributed by atoms with Crippen molar-refractivity contribution in [1.82, 2.24) is 14.9 Å². The summed E-state index contributed by atoms with van der Waals surface area (Å²) < 4.78 is 14.8. The molecule has 2 heterocycles. The molecule has 0 aliphatic carbocycles. The molecule has 0 bridgehead atoms. The Morgan fingerprint density at radius 1 is 1.28 bits per heavy atom. The Kier molecular flexibility index (Phi) is 5.41. The van der Waals surface area contributed by atoms with E-state index in [0.29, 0.717) is 25.9 Å². The smallest absolute Gasteiger partial charge is 0.326 e. The lowest BCUT2D eigenvalue weighted by atomic mass is 10.0. The molecule has 1 aromatic heterocycles. The molecule has 1 aliphatic heterocycles. The molecule has 1 atom stereocenters. The third kappa shape index (κ3) is 4.53. The number of nitrogens with zero attached hydrogens (tertiary/aromatic N) is 2. The number of aromatic nitrogens is 2. The van der Waals surface area contributed by atoms with Crippen LogP contribution in [-0.4, -0.2) is 33.8 Å². The number of amides is 1. The van der Waals surface area contributed by atoms with Gasteiger partial charge in [-0.3, -0.25) is 9.36 Å². The number of aryl methyl sites for hydroxylation is 1. The van der Waals surface area contributed by atoms with Gasteiger partial charge in [-0.2, -0.15) is 0 Å². The highest BCUT2D eigenvalue weighted by Crippen LogP contribution is 2.15. The summed E-state index contributed by atoms with van der Waals surface area (Å²) in [5.74, 6) is -0.440. The molecule has 7 nitrogen and oxygen atoms in total. The second-order valence-corrected chi connectivity index (χ2v) is 7.05. The first-order valence-electron chi connectivity index (χ1n) is 9.49. The van der Waals surface area contributed by atoms with E-state index >= 15 is 0 Å². The lowest BCUT2D eigenvalue weighted by Crippen LogP contribution is -2.33. The van der Waals surface area contributed by atoms with Crippen LogP contribution in [0.2, 0.25) is 0 Å². The summed E-state index contributed by atoms with van der Waals surface area (Å²) in [5, 5.41) is 6.87. The second-order valence-electron chi connectivity index (χ2n) is 7.05. The Morgan fingerprint density at radius 2 is 2.14 bits per heavy atom. The zero-order chi connectivity index (χ0) is 20.2. The molecule has 2 aromatic carbocycles. The number of halogens is 1. The number of oxime groups is 1. The number of H-pyrrole nitrogens is 1. The number of para-hydroxylation sites is 2. The van der Waals surface area contributed by atoms with Gasteiger partial charge < -0.3 is 15.1 Å². The minimum atomic E-state index is -0.278. The Bertz CT molecular complexity index is 1120. The predicted molar refractivity (Wildman–Crippen MR) is 107 cm³/mol. The van der Waals surface area contributed by atoms with Gasteiger partial charge >= 0.3 is 5.69 Å². The van der Waals surface area contributed by atoms with Crippen LogP contribution >= 0.6 is 0 Å². The van der Waals surface area contributed by atoms with Crippen molar-refractivity contribution in [3.8, 4) is 0 Å². The number of hydrogen-bond acceptors (Lipinski definition) is 4. The summed E-state index contributed by atoms with van der Waals surface area (Å²) in [6.07, 6.45) is 1.05. The molecule has 150 valence electrons. The molecule has 29 heavy (non-hydrogen) atoms. The van der Waals surface area contributed by atoms with Gasteiger partial charge in [-0.1, -0.05) is 29.4 Å². The van der Waals surface area contributed by atoms with E-state index in [9.17, 15) is 14.0 Å². The SMILES string of the molecule is O=C(CCn1c(=O)[nH]c2ccccc21)NC[C@@H]1CC(Cc2cccc(F)c2)=NO1. The van der Waals surface area contributed by atoms with Crippen LogP contribution in [0.1, 0.15) is 18.4 Å². The van der Waals surface area contributed by atoms with Crippen molar-refractivity contribution in [2.45, 2.75) is 31.9 Å². The van der Waals surface area contributed by atoms with E-state index in [1.807, 2.05) is 30.3 Å². The summed E-state index contributed by atoms with van der Waals surface area (Å²) >= 11 is 0. The normalized spacial score (nSPS) is 15.9. The minimum Gasteiger partial charge on any atom is -0.390 e. The van der Waals surface area contributed by atoms with Crippen LogP contribution in [0.4, 0.5) is 4.39 Å². The zero-order valence-electron chi connectivity index (χ0n) is 15.7. The van der Waals surface area contributed by atoms with Crippen LogP contribution in [-0.2, 0) is 22.6 Å². The summed E-state index contributed by atoms with van der Waals surface area (Å²) in [5.41, 5.74) is 2.95. The Morgan fingerprint density at radius 3 is 3.00 bits per heavy atom. The summed E-state index contributed by atoms with van der Waals surface area (Å²) in [4.78, 5) is 32.4. The molecular formula is C21H21FN4O3. The number of carbonyl (C=O) groups is 1. The molecule has 1 amide bonds. The van der Waals surface area contributed by atoms with Gasteiger partial charge in [0.15, 0.2) is 0 Å². The molecule has 2 N–H and O–H groups in total. The lowest BCUT2D eigenvalue weighted by molar-refractivity contribution is -0.121. The van der Waals surface area contributed by atoms with Crippen molar-refractivity contribution in [2.75, 3.05) is 6.54 Å². The largest absolute Gasteiger partial charge is 0.390 e. The molecule has 0 saturated heterocycles. The topological polar surface area (TPSA) is 88.5 Å². The number of imidazole rings is 1. The van der Waals surface area contributed by atoms with E-state index < -0.39 is 0 Å². The molecule has 0 saturated carbocycles. The molecule has 0 spiro atoms. The van der Waals surface area contributed by atoms with E-state index in [1.165, 1.54) is 12.1 Å². The van der Waals surface area contributed by atoms with Crippen molar-refractivity contribution in [2.24, 2.45) is 5.16 Å². The van der Waals surface area contributed by atoms with Gasteiger partial charge in [0, 0.05) is 25.8 Å². The van der Waals surface area contributed by atoms with Crippen LogP contribution in [0.3, 0.4) is 0 Å². The highest BCUT2D eigenvalue weighted by atomic mass is 19.1. The number of hydrogen-bond donors (Lipinski definition) is 2. The quantitative estimate of drug-likeness (QED) is 0.643. The average molecular weight is 396 g/mol. The predicted octanol–water partition coefficient (Wildman–Crippen LogP) is 2.36. The van der Waals surface area contributed by atoms with Gasteiger partial charge in [-0.25, -0.2) is 9.18 Å². The summed E-state index contributed by atoms with van der Waals surface area (Å²) in [6, 6.07) is 13.8. The molecule has 4 rings (SSSR count). The second kappa shape index (κ2) is 8.30. The Hall–Kier alpha value is -3.42. The Labute approximate surface area is 166 Å². The van der Waals surface area contributed by atoms with Crippen LogP contribution in [0.15, 0.2) is 58.5 Å². The van der Waals surface area contributed by atoms with E-state index in [-0.39, 0.29) is 29.9 Å². The van der Waals surface area contributed by atoms with Crippen molar-refractivity contribution in [1.29, 1.82) is 0 Å². The number of carbonyl (C=O) groups excluding carboxylic acids is 1. The third-order valence-corrected chi connectivity index (χ3v) is 4.86. The summed E-state index contributed by atoms with van der Waals surface area (Å²) in [6.45, 7) is 0.624. The molecule has 3 aromatic rings. The molecule has 0 unspecified atom stereocenters. The average Bonchev–Trinajstić information content (AvgIpc) is 3.28. The van der Waals surface area contributed by atoms with Crippen molar-refractivity contribution in [3.05, 3.63) is 70.4 Å². The van der Waals surface area contributed by atoms with Gasteiger partial charge in [0.25, 0.3) is 0 Å². The first-order chi connectivity index (χ1) is 14.1. The number of fused-ring (bicyclic) bond motifs is 1. The van der Waals surface area contributed by atoms with Crippen LogP contribution < -0.4 is 11.0 Å². The summed E-state index contributed by atoms with van der Waals surface area (Å²) in [7, 11) is 0. The van der Waals surface area contributed by atoms with E-state index in [4.69, 9.17) is 4.84 Å². The van der Waals surface area contributed by atoms with Gasteiger partial charge in [0.1, 0.15) is 11.9 Å². The molecule has 8 heteroatoms. The maximum atomic E-state index is 13.3. The van der Waals surface area contributed by atoms with Gasteiger partial charge in [0.2, 0.25) is 5.91 Å². The Balaban J connectivity index is 1.23. The monoisotopic (exact) mass is 396 g/mol. The number of aromatic amines is 1. The van der Waals surface area contributed by atoms with E-state index in [0.717, 1.165) is 22.3 Å².